The van der Waals surface area contributed by atoms with E-state index in [2.05, 4.69) is 10.7 Å². The van der Waals surface area contributed by atoms with E-state index in [9.17, 15) is 41.2 Å². The van der Waals surface area contributed by atoms with Crippen molar-refractivity contribution in [2.24, 2.45) is 0 Å². The molecule has 3 amide bonds. The maximum atomic E-state index is 13.5. The number of sulfonamides is 1. The molecule has 1 unspecified atom stereocenters. The molecule has 4 aromatic rings. The van der Waals surface area contributed by atoms with Gasteiger partial charge in [0, 0.05) is 12.1 Å². The SMILES string of the molecule is CCN(CCOC(=O)NS(=O)(=O)c1ccc(-n2nc(C(F)(F)F)cc2-c2ccc(C)cc2)cc1)[NH+]([O-])NOCN1C(=O)c2ccccc2C1=O. The summed E-state index contributed by atoms with van der Waals surface area (Å²) < 4.78 is 73.9. The molecule has 2 heterocycles. The van der Waals surface area contributed by atoms with Crippen LogP contribution < -0.4 is 15.6 Å². The van der Waals surface area contributed by atoms with Crippen LogP contribution in [0.2, 0.25) is 0 Å². The third kappa shape index (κ3) is 7.99. The van der Waals surface area contributed by atoms with E-state index in [1.165, 1.54) is 24.3 Å². The van der Waals surface area contributed by atoms with Crippen molar-refractivity contribution in [2.75, 3.05) is 26.4 Å². The van der Waals surface area contributed by atoms with E-state index in [1.807, 2.05) is 6.92 Å². The highest BCUT2D eigenvalue weighted by atomic mass is 32.2. The second-order valence-corrected chi connectivity index (χ2v) is 12.5. The Morgan fingerprint density at radius 2 is 1.62 bits per heavy atom. The van der Waals surface area contributed by atoms with E-state index < -0.39 is 58.4 Å². The minimum absolute atomic E-state index is 0.115. The summed E-state index contributed by atoms with van der Waals surface area (Å²) in [6.45, 7) is 2.38. The maximum absolute atomic E-state index is 13.5. The van der Waals surface area contributed by atoms with Gasteiger partial charge in [0.05, 0.1) is 33.9 Å². The number of halogens is 3. The standard InChI is InChI=1S/C31H30F3N7O8S/c1-3-38(41(45)37-49-19-39-28(42)24-6-4-5-7-25(24)29(39)43)16-17-48-30(44)36-50(46,47)23-14-12-22(13-15-23)40-26(18-27(35-40)31(32,33)34)21-10-8-20(2)9-11-21/h4-15,18,37,41H,3,16-17,19H2,1-2H3,(H,36,44). The first-order valence-electron chi connectivity index (χ1n) is 14.9. The summed E-state index contributed by atoms with van der Waals surface area (Å²) in [7, 11) is -4.47. The van der Waals surface area contributed by atoms with Crippen LogP contribution in [-0.4, -0.2) is 72.4 Å². The average Bonchev–Trinajstić information content (AvgIpc) is 3.64. The zero-order valence-corrected chi connectivity index (χ0v) is 27.2. The smallest absolute Gasteiger partial charge is 0.435 e. The Labute approximate surface area is 283 Å². The summed E-state index contributed by atoms with van der Waals surface area (Å²) in [6.07, 6.45) is -6.08. The number of imide groups is 1. The largest absolute Gasteiger partial charge is 0.591 e. The fourth-order valence-electron chi connectivity index (χ4n) is 4.84. The third-order valence-corrected chi connectivity index (χ3v) is 8.78. The van der Waals surface area contributed by atoms with Crippen LogP contribution in [0.1, 0.15) is 38.9 Å². The quantitative estimate of drug-likeness (QED) is 0.137. The van der Waals surface area contributed by atoms with Gasteiger partial charge in [0.2, 0.25) is 0 Å². The number of hydrogen-bond donors (Lipinski definition) is 3. The van der Waals surface area contributed by atoms with Gasteiger partial charge in [0.15, 0.2) is 12.4 Å². The Hall–Kier alpha value is -5.18. The van der Waals surface area contributed by atoms with Gasteiger partial charge < -0.3 is 9.94 Å². The summed E-state index contributed by atoms with van der Waals surface area (Å²) in [5, 5.41) is 16.6. The molecule has 0 saturated carbocycles. The summed E-state index contributed by atoms with van der Waals surface area (Å²) in [6, 6.07) is 18.5. The number of carbonyl (C=O) groups excluding carboxylic acids is 3. The zero-order chi connectivity index (χ0) is 36.2. The molecule has 264 valence electrons. The number of nitrogens with one attached hydrogen (secondary N) is 3. The summed E-state index contributed by atoms with van der Waals surface area (Å²) >= 11 is 0. The van der Waals surface area contributed by atoms with E-state index in [0.717, 1.165) is 38.4 Å². The number of fused-ring (bicyclic) bond motifs is 1. The number of benzene rings is 3. The first-order valence-corrected chi connectivity index (χ1v) is 16.3. The minimum atomic E-state index is -4.73. The molecule has 0 radical (unpaired) electrons. The Kier molecular flexibility index (Phi) is 10.6. The minimum Gasteiger partial charge on any atom is -0.591 e. The van der Waals surface area contributed by atoms with Gasteiger partial charge in [-0.05, 0) is 61.9 Å². The molecule has 19 heteroatoms. The van der Waals surface area contributed by atoms with Gasteiger partial charge in [-0.1, -0.05) is 42.0 Å². The molecular formula is C31H30F3N7O8S. The lowest BCUT2D eigenvalue weighted by Crippen LogP contribution is -3.20. The number of amides is 3. The Morgan fingerprint density at radius 1 is 1.00 bits per heavy atom. The lowest BCUT2D eigenvalue weighted by atomic mass is 10.1. The Bertz CT molecular complexity index is 1950. The number of likely N-dealkylation sites (N-methyl/N-ethyl adjacent to an activating group) is 1. The van der Waals surface area contributed by atoms with Gasteiger partial charge in [-0.3, -0.25) is 9.59 Å². The van der Waals surface area contributed by atoms with Crippen LogP contribution in [0.4, 0.5) is 18.0 Å². The summed E-state index contributed by atoms with van der Waals surface area (Å²) in [5.74, 6) is -1.16. The number of quaternary nitrogens is 1. The Balaban J connectivity index is 1.13. The van der Waals surface area contributed by atoms with Gasteiger partial charge >= 0.3 is 12.3 Å². The van der Waals surface area contributed by atoms with Gasteiger partial charge in [-0.25, -0.2) is 32.4 Å². The first-order chi connectivity index (χ1) is 23.7. The van der Waals surface area contributed by atoms with Crippen molar-refractivity contribution in [1.29, 1.82) is 0 Å². The first kappa shape index (κ1) is 36.1. The maximum Gasteiger partial charge on any atom is 0.435 e. The highest BCUT2D eigenvalue weighted by Gasteiger charge is 2.36. The molecule has 0 fully saturated rings. The average molecular weight is 718 g/mol. The van der Waals surface area contributed by atoms with Crippen LogP contribution in [0.3, 0.4) is 0 Å². The van der Waals surface area contributed by atoms with Crippen molar-refractivity contribution in [1.82, 2.24) is 30.0 Å². The molecule has 1 aliphatic heterocycles. The van der Waals surface area contributed by atoms with Crippen molar-refractivity contribution in [2.45, 2.75) is 24.9 Å². The van der Waals surface area contributed by atoms with E-state index in [4.69, 9.17) is 9.57 Å². The molecule has 0 spiro atoms. The van der Waals surface area contributed by atoms with Crippen molar-refractivity contribution < 1.29 is 50.8 Å². The number of aryl methyl sites for hydroxylation is 1. The number of carbonyl (C=O) groups is 3. The summed E-state index contributed by atoms with van der Waals surface area (Å²) in [4.78, 5) is 42.6. The van der Waals surface area contributed by atoms with Crippen LogP contribution in [0.5, 0.6) is 0 Å². The molecule has 0 saturated heterocycles. The molecule has 3 N–H and O–H groups in total. The van der Waals surface area contributed by atoms with Crippen molar-refractivity contribution in [3.05, 3.63) is 106 Å². The van der Waals surface area contributed by atoms with Crippen molar-refractivity contribution in [3.8, 4) is 16.9 Å². The zero-order valence-electron chi connectivity index (χ0n) is 26.4. The normalized spacial score (nSPS) is 13.9. The summed E-state index contributed by atoms with van der Waals surface area (Å²) in [5.41, 5.74) is 2.98. The van der Waals surface area contributed by atoms with Crippen molar-refractivity contribution in [3.63, 3.8) is 0 Å². The fraction of sp³-hybridized carbons (Fsp3) is 0.226. The van der Waals surface area contributed by atoms with Crippen LogP contribution >= 0.6 is 0 Å². The van der Waals surface area contributed by atoms with Crippen LogP contribution in [0.25, 0.3) is 16.9 Å². The predicted octanol–water partition coefficient (Wildman–Crippen LogP) is 2.59. The monoisotopic (exact) mass is 717 g/mol. The van der Waals surface area contributed by atoms with Gasteiger partial charge in [-0.2, -0.15) is 23.6 Å². The Morgan fingerprint density at radius 3 is 2.20 bits per heavy atom. The molecule has 5 rings (SSSR count). The highest BCUT2D eigenvalue weighted by molar-refractivity contribution is 7.90. The molecule has 0 aliphatic carbocycles. The predicted molar refractivity (Wildman–Crippen MR) is 168 cm³/mol. The van der Waals surface area contributed by atoms with Gasteiger partial charge in [0.1, 0.15) is 6.61 Å². The molecule has 3 aromatic carbocycles. The van der Waals surface area contributed by atoms with E-state index in [0.29, 0.717) is 5.56 Å². The number of alkyl halides is 3. The lowest BCUT2D eigenvalue weighted by molar-refractivity contribution is -1.04. The lowest BCUT2D eigenvalue weighted by Gasteiger charge is -2.31. The van der Waals surface area contributed by atoms with Crippen LogP contribution in [-0.2, 0) is 25.8 Å². The third-order valence-electron chi connectivity index (χ3n) is 7.45. The molecular weight excluding hydrogens is 687 g/mol. The number of aromatic nitrogens is 2. The molecule has 0 bridgehead atoms. The number of nitrogens with zero attached hydrogens (tertiary/aromatic N) is 4. The van der Waals surface area contributed by atoms with E-state index in [1.54, 1.807) is 48.0 Å². The second kappa shape index (κ2) is 14.7. The van der Waals surface area contributed by atoms with Crippen molar-refractivity contribution >= 4 is 27.9 Å². The van der Waals surface area contributed by atoms with Gasteiger partial charge in [-0.15, -0.1) is 5.01 Å². The molecule has 1 atom stereocenters. The highest BCUT2D eigenvalue weighted by Crippen LogP contribution is 2.33. The number of ether oxygens (including phenoxy) is 1. The molecule has 1 aliphatic rings. The number of rotatable bonds is 13. The fourth-order valence-corrected chi connectivity index (χ4v) is 5.73. The molecule has 50 heavy (non-hydrogen) atoms. The molecule has 1 aromatic heterocycles. The van der Waals surface area contributed by atoms with E-state index in [-0.39, 0.29) is 40.5 Å². The molecule has 15 nitrogen and oxygen atoms in total. The van der Waals surface area contributed by atoms with E-state index >= 15 is 0 Å². The van der Waals surface area contributed by atoms with Gasteiger partial charge in [0.25, 0.3) is 21.8 Å². The second-order valence-electron chi connectivity index (χ2n) is 10.8. The topological polar surface area (TPSA) is 180 Å². The van der Waals surface area contributed by atoms with Crippen LogP contribution in [0, 0.1) is 12.1 Å². The van der Waals surface area contributed by atoms with Crippen LogP contribution in [0.15, 0.2) is 83.8 Å². The number of hydrogen-bond acceptors (Lipinski definition) is 11.